The van der Waals surface area contributed by atoms with Crippen molar-refractivity contribution in [3.63, 3.8) is 0 Å². The molecule has 0 N–H and O–H groups in total. The lowest BCUT2D eigenvalue weighted by molar-refractivity contribution is -0.117. The molecule has 1 aliphatic rings. The molecule has 4 rings (SSSR count). The number of carbonyl (C=O) groups excluding carboxylic acids is 2. The lowest BCUT2D eigenvalue weighted by Gasteiger charge is -2.15. The summed E-state index contributed by atoms with van der Waals surface area (Å²) in [6, 6.07) is 29.4. The summed E-state index contributed by atoms with van der Waals surface area (Å²) in [5.41, 5.74) is 4.06. The molecule has 0 saturated carbocycles. The third-order valence-electron chi connectivity index (χ3n) is 4.83. The molecule has 1 aliphatic heterocycles. The molecule has 3 nitrogen and oxygen atoms in total. The van der Waals surface area contributed by atoms with Crippen molar-refractivity contribution >= 4 is 34.7 Å². The van der Waals surface area contributed by atoms with E-state index in [0.717, 1.165) is 29.3 Å². The van der Waals surface area contributed by atoms with Gasteiger partial charge in [0.25, 0.3) is 5.24 Å². The molecule has 144 valence electrons. The Morgan fingerprint density at radius 2 is 1.41 bits per heavy atom. The Morgan fingerprint density at radius 1 is 0.828 bits per heavy atom. The smallest absolute Gasteiger partial charge is 0.273 e. The van der Waals surface area contributed by atoms with Crippen molar-refractivity contribution in [1.29, 1.82) is 0 Å². The van der Waals surface area contributed by atoms with Crippen LogP contribution in [0.3, 0.4) is 0 Å². The Kier molecular flexibility index (Phi) is 5.92. The Bertz CT molecular complexity index is 1020. The minimum absolute atomic E-state index is 0.141. The molecule has 1 saturated heterocycles. The second-order valence-corrected chi connectivity index (χ2v) is 8.12. The minimum atomic E-state index is -0.401. The van der Waals surface area contributed by atoms with Crippen molar-refractivity contribution in [2.24, 2.45) is 0 Å². The van der Waals surface area contributed by atoms with Crippen molar-refractivity contribution in [2.75, 3.05) is 4.90 Å². The van der Waals surface area contributed by atoms with Gasteiger partial charge in [-0.25, -0.2) is 4.90 Å². The number of hydrogen-bond donors (Lipinski definition) is 0. The van der Waals surface area contributed by atoms with Crippen molar-refractivity contribution in [3.05, 3.63) is 108 Å². The maximum atomic E-state index is 13.0. The van der Waals surface area contributed by atoms with Crippen molar-refractivity contribution < 1.29 is 9.59 Å². The van der Waals surface area contributed by atoms with Crippen LogP contribution < -0.4 is 4.90 Å². The summed E-state index contributed by atoms with van der Waals surface area (Å²) in [5, 5.41) is -0.605. The summed E-state index contributed by atoms with van der Waals surface area (Å²) >= 11 is 1.12. The van der Waals surface area contributed by atoms with Crippen LogP contribution in [0.1, 0.15) is 17.5 Å². The van der Waals surface area contributed by atoms with Gasteiger partial charge in [0.1, 0.15) is 0 Å². The third-order valence-corrected chi connectivity index (χ3v) is 5.86. The number of amides is 2. The quantitative estimate of drug-likeness (QED) is 0.512. The van der Waals surface area contributed by atoms with Crippen LogP contribution in [0.2, 0.25) is 0 Å². The first-order chi connectivity index (χ1) is 14.2. The molecule has 1 fully saturated rings. The average Bonchev–Trinajstić information content (AvgIpc) is 3.03. The fourth-order valence-electron chi connectivity index (χ4n) is 3.46. The van der Waals surface area contributed by atoms with Gasteiger partial charge >= 0.3 is 0 Å². The van der Waals surface area contributed by atoms with Crippen molar-refractivity contribution in [3.8, 4) is 0 Å². The second kappa shape index (κ2) is 8.93. The SMILES string of the molecule is O=C1SC(CC(=Cc2ccccc2)Cc2ccccc2)C(=O)N1c1ccccc1. The minimum Gasteiger partial charge on any atom is -0.273 e. The van der Waals surface area contributed by atoms with Gasteiger partial charge in [-0.15, -0.1) is 0 Å². The van der Waals surface area contributed by atoms with E-state index in [2.05, 4.69) is 30.3 Å². The Labute approximate surface area is 175 Å². The number of thioether (sulfide) groups is 1. The molecule has 1 heterocycles. The number of rotatable bonds is 6. The highest BCUT2D eigenvalue weighted by Crippen LogP contribution is 2.35. The van der Waals surface area contributed by atoms with E-state index in [1.54, 1.807) is 12.1 Å². The number of allylic oxidation sites excluding steroid dienone is 1. The van der Waals surface area contributed by atoms with E-state index >= 15 is 0 Å². The Balaban J connectivity index is 1.58. The number of benzene rings is 3. The highest BCUT2D eigenvalue weighted by atomic mass is 32.2. The predicted molar refractivity (Wildman–Crippen MR) is 120 cm³/mol. The number of anilines is 1. The van der Waals surface area contributed by atoms with E-state index < -0.39 is 5.25 Å². The molecule has 0 aliphatic carbocycles. The summed E-state index contributed by atoms with van der Waals surface area (Å²) in [5.74, 6) is -0.141. The first-order valence-electron chi connectivity index (χ1n) is 9.59. The van der Waals surface area contributed by atoms with Crippen molar-refractivity contribution in [2.45, 2.75) is 18.1 Å². The van der Waals surface area contributed by atoms with Crippen LogP contribution in [0.4, 0.5) is 10.5 Å². The van der Waals surface area contributed by atoms with Gasteiger partial charge in [0.05, 0.1) is 10.9 Å². The number of nitrogens with zero attached hydrogens (tertiary/aromatic N) is 1. The van der Waals surface area contributed by atoms with Gasteiger partial charge in [0, 0.05) is 0 Å². The van der Waals surface area contributed by atoms with Crippen molar-refractivity contribution in [1.82, 2.24) is 0 Å². The first kappa shape index (κ1) is 19.2. The van der Waals surface area contributed by atoms with E-state index in [0.29, 0.717) is 12.1 Å². The standard InChI is InChI=1S/C25H21NO2S/c27-24-23(29-25(28)26(24)22-14-8-3-9-15-22)18-21(16-19-10-4-1-5-11-19)17-20-12-6-2-7-13-20/h1-16,23H,17-18H2. The van der Waals surface area contributed by atoms with Crippen LogP contribution in [0.5, 0.6) is 0 Å². The molecule has 0 radical (unpaired) electrons. The van der Waals surface area contributed by atoms with Gasteiger partial charge in [-0.05, 0) is 36.1 Å². The van der Waals surface area contributed by atoms with Gasteiger partial charge in [0.2, 0.25) is 5.91 Å². The molecule has 29 heavy (non-hydrogen) atoms. The summed E-state index contributed by atoms with van der Waals surface area (Å²) in [4.78, 5) is 26.9. The normalized spacial score (nSPS) is 17.0. The molecule has 1 unspecified atom stereocenters. The van der Waals surface area contributed by atoms with Crippen LogP contribution in [-0.2, 0) is 11.2 Å². The fraction of sp³-hybridized carbons (Fsp3) is 0.120. The van der Waals surface area contributed by atoms with Crippen LogP contribution in [0.25, 0.3) is 6.08 Å². The molecule has 0 spiro atoms. The van der Waals surface area contributed by atoms with E-state index in [4.69, 9.17) is 0 Å². The number of hydrogen-bond acceptors (Lipinski definition) is 3. The molecule has 4 heteroatoms. The Morgan fingerprint density at radius 3 is 2.07 bits per heavy atom. The zero-order chi connectivity index (χ0) is 20.1. The van der Waals surface area contributed by atoms with Gasteiger partial charge in [-0.2, -0.15) is 0 Å². The van der Waals surface area contributed by atoms with Gasteiger partial charge in [-0.1, -0.05) is 102 Å². The van der Waals surface area contributed by atoms with Gasteiger partial charge in [0.15, 0.2) is 0 Å². The predicted octanol–water partition coefficient (Wildman–Crippen LogP) is 5.97. The number of imide groups is 1. The molecular weight excluding hydrogens is 378 g/mol. The number of carbonyl (C=O) groups is 2. The summed E-state index contributed by atoms with van der Waals surface area (Å²) in [7, 11) is 0. The lowest BCUT2D eigenvalue weighted by Crippen LogP contribution is -2.31. The lowest BCUT2D eigenvalue weighted by atomic mass is 9.98. The summed E-state index contributed by atoms with van der Waals surface area (Å²) in [6.07, 6.45) is 3.43. The first-order valence-corrected chi connectivity index (χ1v) is 10.5. The molecule has 1 atom stereocenters. The molecular formula is C25H21NO2S. The largest absolute Gasteiger partial charge is 0.293 e. The summed E-state index contributed by atoms with van der Waals surface area (Å²) in [6.45, 7) is 0. The molecule has 3 aromatic carbocycles. The molecule has 0 bridgehead atoms. The maximum absolute atomic E-state index is 13.0. The van der Waals surface area contributed by atoms with E-state index in [1.165, 1.54) is 10.5 Å². The monoisotopic (exact) mass is 399 g/mol. The fourth-order valence-corrected chi connectivity index (χ4v) is 4.51. The van der Waals surface area contributed by atoms with E-state index in [-0.39, 0.29) is 11.1 Å². The molecule has 3 aromatic rings. The third kappa shape index (κ3) is 4.66. The molecule has 0 aromatic heterocycles. The zero-order valence-corrected chi connectivity index (χ0v) is 16.7. The molecule has 2 amide bonds. The number of para-hydroxylation sites is 1. The van der Waals surface area contributed by atoms with Crippen LogP contribution in [0, 0.1) is 0 Å². The van der Waals surface area contributed by atoms with Crippen LogP contribution >= 0.6 is 11.8 Å². The van der Waals surface area contributed by atoms with Gasteiger partial charge < -0.3 is 0 Å². The topological polar surface area (TPSA) is 37.4 Å². The maximum Gasteiger partial charge on any atom is 0.293 e. The average molecular weight is 400 g/mol. The zero-order valence-electron chi connectivity index (χ0n) is 15.9. The second-order valence-electron chi connectivity index (χ2n) is 6.96. The summed E-state index contributed by atoms with van der Waals surface area (Å²) < 4.78 is 0. The van der Waals surface area contributed by atoms with Crippen LogP contribution in [-0.4, -0.2) is 16.4 Å². The van der Waals surface area contributed by atoms with E-state index in [1.807, 2.05) is 54.6 Å². The van der Waals surface area contributed by atoms with E-state index in [9.17, 15) is 9.59 Å². The highest BCUT2D eigenvalue weighted by Gasteiger charge is 2.40. The van der Waals surface area contributed by atoms with Crippen LogP contribution in [0.15, 0.2) is 96.6 Å². The van der Waals surface area contributed by atoms with Gasteiger partial charge in [-0.3, -0.25) is 9.59 Å². The Hall–Kier alpha value is -3.11. The highest BCUT2D eigenvalue weighted by molar-refractivity contribution is 8.15.